The summed E-state index contributed by atoms with van der Waals surface area (Å²) < 4.78 is 13.0. The van der Waals surface area contributed by atoms with Crippen molar-refractivity contribution < 1.29 is 23.6 Å². The van der Waals surface area contributed by atoms with Crippen molar-refractivity contribution in [1.29, 1.82) is 0 Å². The zero-order valence-electron chi connectivity index (χ0n) is 16.5. The molecule has 0 saturated carbocycles. The molecular weight excluding hydrogens is 411 g/mol. The first-order valence-electron chi connectivity index (χ1n) is 9.26. The maximum atomic E-state index is 13.0. The van der Waals surface area contributed by atoms with Crippen molar-refractivity contribution in [3.8, 4) is 10.4 Å². The molecule has 1 aromatic heterocycles. The first kappa shape index (κ1) is 21.4. The lowest BCUT2D eigenvalue weighted by atomic mass is 10.1. The normalized spacial score (nSPS) is 15.1. The first-order valence-corrected chi connectivity index (χ1v) is 10.1. The van der Waals surface area contributed by atoms with E-state index in [1.807, 2.05) is 0 Å². The smallest absolute Gasteiger partial charge is 0.324 e. The molecule has 3 rings (SSSR count). The van der Waals surface area contributed by atoms with Crippen LogP contribution in [-0.2, 0) is 9.59 Å². The minimum absolute atomic E-state index is 0.0308. The minimum Gasteiger partial charge on any atom is -0.324 e. The number of carbonyl (C=O) groups excluding carboxylic acids is 4. The van der Waals surface area contributed by atoms with Crippen LogP contribution in [0.25, 0.3) is 10.4 Å². The standard InChI is InChI=1S/C20H21FN4O4S/c1-20(2)18(28)25(19(29)22-20)11-3-4-16(26)23-24-17(27)15-10-9-14(30-15)12-5-7-13(21)8-6-12/h5-10H,3-4,11H2,1-2H3,(H,22,29)(H,23,26)(H,24,27). The Morgan fingerprint density at radius 1 is 1.10 bits per heavy atom. The van der Waals surface area contributed by atoms with Gasteiger partial charge in [-0.25, -0.2) is 9.18 Å². The van der Waals surface area contributed by atoms with Gasteiger partial charge < -0.3 is 5.32 Å². The SMILES string of the molecule is CC1(C)NC(=O)N(CCCC(=O)NNC(=O)c2ccc(-c3ccc(F)cc3)s2)C1=O. The molecule has 2 heterocycles. The summed E-state index contributed by atoms with van der Waals surface area (Å²) in [7, 11) is 0. The molecule has 1 fully saturated rings. The van der Waals surface area contributed by atoms with Gasteiger partial charge in [-0.05, 0) is 50.1 Å². The van der Waals surface area contributed by atoms with Crippen molar-refractivity contribution >= 4 is 35.1 Å². The van der Waals surface area contributed by atoms with E-state index in [2.05, 4.69) is 16.2 Å². The largest absolute Gasteiger partial charge is 0.325 e. The molecule has 0 radical (unpaired) electrons. The molecule has 0 aliphatic carbocycles. The van der Waals surface area contributed by atoms with Crippen LogP contribution in [0.1, 0.15) is 36.4 Å². The van der Waals surface area contributed by atoms with Crippen LogP contribution < -0.4 is 16.2 Å². The minimum atomic E-state index is -0.944. The van der Waals surface area contributed by atoms with E-state index in [9.17, 15) is 23.6 Å². The summed E-state index contributed by atoms with van der Waals surface area (Å²) in [6, 6.07) is 8.81. The average molecular weight is 432 g/mol. The number of thiophene rings is 1. The average Bonchev–Trinajstić information content (AvgIpc) is 3.25. The summed E-state index contributed by atoms with van der Waals surface area (Å²) in [6.07, 6.45) is 0.299. The van der Waals surface area contributed by atoms with Crippen LogP contribution in [0.15, 0.2) is 36.4 Å². The van der Waals surface area contributed by atoms with Gasteiger partial charge in [-0.1, -0.05) is 12.1 Å². The van der Waals surface area contributed by atoms with Gasteiger partial charge in [-0.2, -0.15) is 0 Å². The fourth-order valence-corrected chi connectivity index (χ4v) is 3.81. The number of hydrogen-bond donors (Lipinski definition) is 3. The van der Waals surface area contributed by atoms with Crippen molar-refractivity contribution in [3.05, 3.63) is 47.1 Å². The van der Waals surface area contributed by atoms with E-state index in [0.717, 1.165) is 15.3 Å². The Morgan fingerprint density at radius 3 is 2.43 bits per heavy atom. The zero-order chi connectivity index (χ0) is 21.9. The Hall–Kier alpha value is -3.27. The van der Waals surface area contributed by atoms with Gasteiger partial charge >= 0.3 is 6.03 Å². The Balaban J connectivity index is 1.44. The monoisotopic (exact) mass is 432 g/mol. The van der Waals surface area contributed by atoms with Crippen LogP contribution in [-0.4, -0.2) is 40.7 Å². The predicted molar refractivity (Wildman–Crippen MR) is 109 cm³/mol. The van der Waals surface area contributed by atoms with Gasteiger partial charge in [0.2, 0.25) is 5.91 Å². The number of urea groups is 1. The number of carbonyl (C=O) groups is 4. The molecule has 1 saturated heterocycles. The molecule has 2 aromatic rings. The van der Waals surface area contributed by atoms with Crippen molar-refractivity contribution in [2.75, 3.05) is 6.54 Å². The molecule has 0 bridgehead atoms. The number of benzene rings is 1. The third-order valence-corrected chi connectivity index (χ3v) is 5.64. The van der Waals surface area contributed by atoms with Gasteiger partial charge in [0.1, 0.15) is 11.4 Å². The number of nitrogens with one attached hydrogen (secondary N) is 3. The fraction of sp³-hybridized carbons (Fsp3) is 0.300. The molecule has 8 nitrogen and oxygen atoms in total. The molecule has 0 unspecified atom stereocenters. The van der Waals surface area contributed by atoms with Gasteiger partial charge in [0.15, 0.2) is 0 Å². The van der Waals surface area contributed by atoms with Gasteiger partial charge in [-0.15, -0.1) is 11.3 Å². The van der Waals surface area contributed by atoms with Crippen molar-refractivity contribution in [3.63, 3.8) is 0 Å². The van der Waals surface area contributed by atoms with Crippen LogP contribution in [0.3, 0.4) is 0 Å². The third-order valence-electron chi connectivity index (χ3n) is 4.50. The second-order valence-corrected chi connectivity index (χ2v) is 8.37. The maximum Gasteiger partial charge on any atom is 0.325 e. The molecular formula is C20H21FN4O4S. The second kappa shape index (κ2) is 8.62. The molecule has 1 aliphatic heterocycles. The van der Waals surface area contributed by atoms with Crippen molar-refractivity contribution in [1.82, 2.24) is 21.1 Å². The van der Waals surface area contributed by atoms with Crippen LogP contribution in [0, 0.1) is 5.82 Å². The number of nitrogens with zero attached hydrogens (tertiary/aromatic N) is 1. The number of hydrogen-bond acceptors (Lipinski definition) is 5. The summed E-state index contributed by atoms with van der Waals surface area (Å²) in [5.41, 5.74) is 4.49. The lowest BCUT2D eigenvalue weighted by Crippen LogP contribution is -2.42. The second-order valence-electron chi connectivity index (χ2n) is 7.29. The molecule has 0 spiro atoms. The molecule has 158 valence electrons. The molecule has 3 N–H and O–H groups in total. The van der Waals surface area contributed by atoms with E-state index < -0.39 is 23.4 Å². The lowest BCUT2D eigenvalue weighted by Gasteiger charge is -2.15. The number of hydrazine groups is 1. The highest BCUT2D eigenvalue weighted by atomic mass is 32.1. The first-order chi connectivity index (χ1) is 14.2. The van der Waals surface area contributed by atoms with Gasteiger partial charge in [-0.3, -0.25) is 30.1 Å². The molecule has 5 amide bonds. The number of halogens is 1. The predicted octanol–water partition coefficient (Wildman–Crippen LogP) is 2.43. The van der Waals surface area contributed by atoms with Crippen LogP contribution in [0.2, 0.25) is 0 Å². The summed E-state index contributed by atoms with van der Waals surface area (Å²) >= 11 is 1.21. The summed E-state index contributed by atoms with van der Waals surface area (Å²) in [5.74, 6) is -1.59. The molecule has 1 aliphatic rings. The van der Waals surface area contributed by atoms with Crippen LogP contribution >= 0.6 is 11.3 Å². The van der Waals surface area contributed by atoms with Crippen LogP contribution in [0.4, 0.5) is 9.18 Å². The fourth-order valence-electron chi connectivity index (χ4n) is 2.90. The summed E-state index contributed by atoms with van der Waals surface area (Å²) in [6.45, 7) is 3.34. The Kier molecular flexibility index (Phi) is 6.16. The quantitative estimate of drug-likeness (QED) is 0.481. The Morgan fingerprint density at radius 2 is 1.80 bits per heavy atom. The molecule has 10 heteroatoms. The Labute approximate surface area is 176 Å². The lowest BCUT2D eigenvalue weighted by molar-refractivity contribution is -0.130. The van der Waals surface area contributed by atoms with Gasteiger partial charge in [0, 0.05) is 17.8 Å². The van der Waals surface area contributed by atoms with Gasteiger partial charge in [0.25, 0.3) is 11.8 Å². The van der Waals surface area contributed by atoms with Crippen LogP contribution in [0.5, 0.6) is 0 Å². The van der Waals surface area contributed by atoms with Gasteiger partial charge in [0.05, 0.1) is 4.88 Å². The maximum absolute atomic E-state index is 13.0. The molecule has 0 atom stereocenters. The highest BCUT2D eigenvalue weighted by molar-refractivity contribution is 7.17. The highest BCUT2D eigenvalue weighted by Crippen LogP contribution is 2.28. The number of amides is 5. The van der Waals surface area contributed by atoms with E-state index in [4.69, 9.17) is 0 Å². The van der Waals surface area contributed by atoms with Crippen molar-refractivity contribution in [2.24, 2.45) is 0 Å². The highest BCUT2D eigenvalue weighted by Gasteiger charge is 2.43. The number of imide groups is 1. The van der Waals surface area contributed by atoms with E-state index in [-0.39, 0.29) is 31.1 Å². The topological polar surface area (TPSA) is 108 Å². The zero-order valence-corrected chi connectivity index (χ0v) is 17.3. The Bertz CT molecular complexity index is 987. The van der Waals surface area contributed by atoms with Crippen molar-refractivity contribution in [2.45, 2.75) is 32.2 Å². The molecule has 30 heavy (non-hydrogen) atoms. The summed E-state index contributed by atoms with van der Waals surface area (Å²) in [4.78, 5) is 50.3. The van der Waals surface area contributed by atoms with E-state index in [1.54, 1.807) is 38.1 Å². The third kappa shape index (κ3) is 4.82. The molecule has 1 aromatic carbocycles. The van der Waals surface area contributed by atoms with E-state index in [0.29, 0.717) is 4.88 Å². The number of rotatable bonds is 6. The van der Waals surface area contributed by atoms with E-state index >= 15 is 0 Å². The van der Waals surface area contributed by atoms with E-state index in [1.165, 1.54) is 23.5 Å². The summed E-state index contributed by atoms with van der Waals surface area (Å²) in [5, 5.41) is 2.57.